The van der Waals surface area contributed by atoms with Crippen LogP contribution in [0, 0.1) is 28.1 Å². The van der Waals surface area contributed by atoms with Crippen LogP contribution in [-0.2, 0) is 33.3 Å². The molecule has 1 saturated carbocycles. The van der Waals surface area contributed by atoms with Crippen LogP contribution in [0.2, 0.25) is 0 Å². The molecule has 2 rings (SSSR count). The third-order valence-corrected chi connectivity index (χ3v) is 7.07. The molecule has 6 unspecified atom stereocenters. The SMILES string of the molecule is C=CC(C)(C)CC(C)(C(=O)OC1C2CC(=O)OC1C(C(=O)OC(C)OC)C2)C(C)(C)C. The molecule has 7 heteroatoms. The van der Waals surface area contributed by atoms with Gasteiger partial charge in [-0.15, -0.1) is 6.58 Å². The van der Waals surface area contributed by atoms with E-state index in [0.29, 0.717) is 12.8 Å². The monoisotopic (exact) mass is 438 g/mol. The molecular weight excluding hydrogens is 400 g/mol. The van der Waals surface area contributed by atoms with E-state index in [9.17, 15) is 14.4 Å². The Hall–Kier alpha value is -1.89. The number of fused-ring (bicyclic) bond motifs is 2. The van der Waals surface area contributed by atoms with Crippen molar-refractivity contribution in [3.8, 4) is 0 Å². The molecule has 0 N–H and O–H groups in total. The lowest BCUT2D eigenvalue weighted by atomic mass is 9.61. The summed E-state index contributed by atoms with van der Waals surface area (Å²) in [5, 5.41) is 0. The van der Waals surface area contributed by atoms with E-state index in [2.05, 4.69) is 6.58 Å². The van der Waals surface area contributed by atoms with Crippen LogP contribution in [0.25, 0.3) is 0 Å². The van der Waals surface area contributed by atoms with Crippen LogP contribution >= 0.6 is 0 Å². The molecule has 0 amide bonds. The highest BCUT2D eigenvalue weighted by molar-refractivity contribution is 5.80. The second-order valence-corrected chi connectivity index (χ2v) is 10.8. The molecule has 6 atom stereocenters. The van der Waals surface area contributed by atoms with Gasteiger partial charge in [0.2, 0.25) is 0 Å². The van der Waals surface area contributed by atoms with Crippen molar-refractivity contribution in [1.29, 1.82) is 0 Å². The molecule has 1 heterocycles. The number of esters is 3. The summed E-state index contributed by atoms with van der Waals surface area (Å²) >= 11 is 0. The Labute approximate surface area is 185 Å². The molecule has 1 aliphatic carbocycles. The van der Waals surface area contributed by atoms with Crippen LogP contribution in [-0.4, -0.2) is 43.5 Å². The molecule has 31 heavy (non-hydrogen) atoms. The summed E-state index contributed by atoms with van der Waals surface area (Å²) in [5.41, 5.74) is -1.48. The van der Waals surface area contributed by atoms with E-state index < -0.39 is 35.8 Å². The summed E-state index contributed by atoms with van der Waals surface area (Å²) in [5.74, 6) is -2.21. The van der Waals surface area contributed by atoms with Crippen LogP contribution in [0.15, 0.2) is 12.7 Å². The first-order valence-electron chi connectivity index (χ1n) is 10.9. The minimum absolute atomic E-state index is 0.114. The van der Waals surface area contributed by atoms with E-state index in [0.717, 1.165) is 0 Å². The Morgan fingerprint density at radius 3 is 2.35 bits per heavy atom. The number of carbonyl (C=O) groups excluding carboxylic acids is 3. The third-order valence-electron chi connectivity index (χ3n) is 7.07. The Balaban J connectivity index is 2.27. The van der Waals surface area contributed by atoms with Crippen LogP contribution in [0.3, 0.4) is 0 Å². The first kappa shape index (κ1) is 25.4. The molecule has 0 radical (unpaired) electrons. The minimum atomic E-state index is -0.844. The van der Waals surface area contributed by atoms with Crippen molar-refractivity contribution in [3.05, 3.63) is 12.7 Å². The maximum atomic E-state index is 13.5. The maximum Gasteiger partial charge on any atom is 0.315 e. The maximum absolute atomic E-state index is 13.5. The van der Waals surface area contributed by atoms with Crippen molar-refractivity contribution in [2.75, 3.05) is 7.11 Å². The zero-order valence-electron chi connectivity index (χ0n) is 20.2. The first-order chi connectivity index (χ1) is 14.1. The largest absolute Gasteiger partial charge is 0.458 e. The van der Waals surface area contributed by atoms with Crippen molar-refractivity contribution in [2.24, 2.45) is 28.1 Å². The molecule has 176 valence electrons. The zero-order valence-corrected chi connectivity index (χ0v) is 20.2. The highest BCUT2D eigenvalue weighted by Gasteiger charge is 2.57. The summed E-state index contributed by atoms with van der Waals surface area (Å²) < 4.78 is 21.8. The Bertz CT molecular complexity index is 720. The molecule has 0 aromatic heterocycles. The van der Waals surface area contributed by atoms with Crippen LogP contribution in [0.5, 0.6) is 0 Å². The van der Waals surface area contributed by atoms with Gasteiger partial charge in [-0.25, -0.2) is 0 Å². The van der Waals surface area contributed by atoms with Crippen molar-refractivity contribution < 1.29 is 33.3 Å². The molecule has 2 bridgehead atoms. The third kappa shape index (κ3) is 5.30. The number of hydrogen-bond donors (Lipinski definition) is 0. The van der Waals surface area contributed by atoms with E-state index in [-0.39, 0.29) is 35.1 Å². The lowest BCUT2D eigenvalue weighted by molar-refractivity contribution is -0.196. The van der Waals surface area contributed by atoms with Gasteiger partial charge < -0.3 is 18.9 Å². The molecule has 1 aliphatic heterocycles. The van der Waals surface area contributed by atoms with Crippen LogP contribution in [0.1, 0.15) is 67.7 Å². The Morgan fingerprint density at radius 2 is 1.84 bits per heavy atom. The summed E-state index contributed by atoms with van der Waals surface area (Å²) in [6.07, 6.45) is 0.646. The van der Waals surface area contributed by atoms with E-state index in [4.69, 9.17) is 18.9 Å². The Morgan fingerprint density at radius 1 is 1.23 bits per heavy atom. The average Bonchev–Trinajstić information content (AvgIpc) is 2.86. The highest BCUT2D eigenvalue weighted by Crippen LogP contribution is 2.50. The van der Waals surface area contributed by atoms with Gasteiger partial charge in [-0.2, -0.15) is 0 Å². The van der Waals surface area contributed by atoms with Crippen molar-refractivity contribution in [3.63, 3.8) is 0 Å². The minimum Gasteiger partial charge on any atom is -0.458 e. The van der Waals surface area contributed by atoms with Gasteiger partial charge in [0, 0.05) is 13.0 Å². The van der Waals surface area contributed by atoms with Gasteiger partial charge in [0.1, 0.15) is 6.10 Å². The van der Waals surface area contributed by atoms with Crippen molar-refractivity contribution in [2.45, 2.75) is 86.2 Å². The van der Waals surface area contributed by atoms with Crippen LogP contribution < -0.4 is 0 Å². The van der Waals surface area contributed by atoms with Gasteiger partial charge >= 0.3 is 17.9 Å². The molecule has 2 fully saturated rings. The summed E-state index contributed by atoms with van der Waals surface area (Å²) in [6.45, 7) is 17.5. The lowest BCUT2D eigenvalue weighted by Crippen LogP contribution is -2.49. The smallest absolute Gasteiger partial charge is 0.315 e. The topological polar surface area (TPSA) is 88.1 Å². The van der Waals surface area contributed by atoms with E-state index in [1.165, 1.54) is 7.11 Å². The first-order valence-corrected chi connectivity index (χ1v) is 10.9. The van der Waals surface area contributed by atoms with E-state index >= 15 is 0 Å². The number of methoxy groups -OCH3 is 1. The quantitative estimate of drug-likeness (QED) is 0.245. The molecule has 2 aliphatic rings. The molecule has 0 spiro atoms. The Kier molecular flexibility index (Phi) is 7.31. The fourth-order valence-electron chi connectivity index (χ4n) is 4.43. The van der Waals surface area contributed by atoms with E-state index in [1.54, 1.807) is 6.92 Å². The second-order valence-electron chi connectivity index (χ2n) is 10.8. The number of allylic oxidation sites excluding steroid dienone is 1. The number of rotatable bonds is 8. The number of ether oxygens (including phenoxy) is 4. The van der Waals surface area contributed by atoms with Crippen molar-refractivity contribution >= 4 is 17.9 Å². The van der Waals surface area contributed by atoms with Gasteiger partial charge in [0.05, 0.1) is 17.8 Å². The lowest BCUT2D eigenvalue weighted by Gasteiger charge is -2.44. The molecule has 0 aromatic carbocycles. The predicted molar refractivity (Wildman–Crippen MR) is 115 cm³/mol. The van der Waals surface area contributed by atoms with Gasteiger partial charge in [-0.05, 0) is 37.5 Å². The number of hydrogen-bond acceptors (Lipinski definition) is 7. The zero-order chi connectivity index (χ0) is 23.8. The van der Waals surface area contributed by atoms with Crippen molar-refractivity contribution in [1.82, 2.24) is 0 Å². The second kappa shape index (κ2) is 8.93. The summed E-state index contributed by atoms with van der Waals surface area (Å²) in [7, 11) is 1.44. The molecule has 0 aromatic rings. The van der Waals surface area contributed by atoms with Gasteiger partial charge in [-0.3, -0.25) is 14.4 Å². The molecular formula is C24H38O7. The van der Waals surface area contributed by atoms with Gasteiger partial charge in [0.25, 0.3) is 0 Å². The van der Waals surface area contributed by atoms with Gasteiger partial charge in [-0.1, -0.05) is 40.7 Å². The normalized spacial score (nSPS) is 28.8. The van der Waals surface area contributed by atoms with Gasteiger partial charge in [0.15, 0.2) is 12.4 Å². The molecule has 1 saturated heterocycles. The summed E-state index contributed by atoms with van der Waals surface area (Å²) in [4.78, 5) is 38.2. The summed E-state index contributed by atoms with van der Waals surface area (Å²) in [6, 6.07) is 0. The fourth-order valence-corrected chi connectivity index (χ4v) is 4.43. The average molecular weight is 439 g/mol. The predicted octanol–water partition coefficient (Wildman–Crippen LogP) is 4.04. The fraction of sp³-hybridized carbons (Fsp3) is 0.792. The molecule has 7 nitrogen and oxygen atoms in total. The van der Waals surface area contributed by atoms with Crippen LogP contribution in [0.4, 0.5) is 0 Å². The standard InChI is InChI=1S/C24H38O7/c1-10-23(6,7)13-24(8,22(3,4)5)21(27)31-18-15-11-16(19(18)30-17(25)12-15)20(26)29-14(2)28-9/h10,14-16,18-19H,1,11-13H2,2-9H3. The number of carbonyl (C=O) groups is 3. The van der Waals surface area contributed by atoms with E-state index in [1.807, 2.05) is 47.6 Å². The highest BCUT2D eigenvalue weighted by atomic mass is 16.7.